The van der Waals surface area contributed by atoms with Gasteiger partial charge in [-0.2, -0.15) is 0 Å². The summed E-state index contributed by atoms with van der Waals surface area (Å²) < 4.78 is 0. The van der Waals surface area contributed by atoms with E-state index < -0.39 is 0 Å². The Labute approximate surface area is 99.2 Å². The van der Waals surface area contributed by atoms with Crippen molar-refractivity contribution >= 4 is 5.91 Å². The number of nitrogens with one attached hydrogen (secondary N) is 1. The van der Waals surface area contributed by atoms with Gasteiger partial charge in [0.05, 0.1) is 0 Å². The summed E-state index contributed by atoms with van der Waals surface area (Å²) in [4.78, 5) is 11.6. The molecule has 3 N–H and O–H groups in total. The van der Waals surface area contributed by atoms with Gasteiger partial charge in [-0.1, -0.05) is 39.0 Å². The van der Waals surface area contributed by atoms with Crippen molar-refractivity contribution in [3.05, 3.63) is 0 Å². The normalized spacial score (nSPS) is 19.4. The second-order valence-corrected chi connectivity index (χ2v) is 4.95. The third-order valence-electron chi connectivity index (χ3n) is 3.64. The van der Waals surface area contributed by atoms with Gasteiger partial charge in [0.1, 0.15) is 0 Å². The minimum atomic E-state index is 0.183. The highest BCUT2D eigenvalue weighted by Crippen LogP contribution is 2.31. The monoisotopic (exact) mass is 226 g/mol. The van der Waals surface area contributed by atoms with Crippen LogP contribution in [0.4, 0.5) is 0 Å². The van der Waals surface area contributed by atoms with Crippen LogP contribution < -0.4 is 11.1 Å². The number of hydrogen-bond acceptors (Lipinski definition) is 2. The molecule has 3 nitrogen and oxygen atoms in total. The van der Waals surface area contributed by atoms with Gasteiger partial charge < -0.3 is 11.1 Å². The molecule has 1 atom stereocenters. The van der Waals surface area contributed by atoms with Gasteiger partial charge in [0.2, 0.25) is 5.91 Å². The van der Waals surface area contributed by atoms with Gasteiger partial charge in [-0.25, -0.2) is 0 Å². The number of rotatable bonds is 6. The maximum Gasteiger partial charge on any atom is 0.220 e. The lowest BCUT2D eigenvalue weighted by molar-refractivity contribution is -0.122. The maximum absolute atomic E-state index is 11.6. The summed E-state index contributed by atoms with van der Waals surface area (Å²) in [5.74, 6) is 1.27. The molecule has 1 aliphatic rings. The average molecular weight is 226 g/mol. The fraction of sp³-hybridized carbons (Fsp3) is 0.923. The standard InChI is InChI=1S/C13H26N2O/c1-2-8-15-13(16)9-12(10-14)11-6-4-3-5-7-11/h11-12H,2-10,14H2,1H3,(H,15,16). The van der Waals surface area contributed by atoms with E-state index in [-0.39, 0.29) is 5.91 Å². The van der Waals surface area contributed by atoms with Crippen LogP contribution in [-0.4, -0.2) is 19.0 Å². The lowest BCUT2D eigenvalue weighted by Crippen LogP contribution is -2.33. The first-order chi connectivity index (χ1) is 7.77. The third kappa shape index (κ3) is 4.52. The fourth-order valence-electron chi connectivity index (χ4n) is 2.62. The van der Waals surface area contributed by atoms with Crippen LogP contribution in [0.2, 0.25) is 0 Å². The molecule has 0 aromatic rings. The molecule has 0 bridgehead atoms. The van der Waals surface area contributed by atoms with Gasteiger partial charge in [0, 0.05) is 13.0 Å². The van der Waals surface area contributed by atoms with Crippen LogP contribution in [0.15, 0.2) is 0 Å². The highest BCUT2D eigenvalue weighted by Gasteiger charge is 2.24. The number of amides is 1. The molecule has 0 spiro atoms. The smallest absolute Gasteiger partial charge is 0.220 e. The van der Waals surface area contributed by atoms with Crippen LogP contribution in [0.5, 0.6) is 0 Å². The summed E-state index contributed by atoms with van der Waals surface area (Å²) >= 11 is 0. The molecule has 94 valence electrons. The molecule has 1 unspecified atom stereocenters. The molecule has 0 saturated heterocycles. The Bertz CT molecular complexity index is 200. The highest BCUT2D eigenvalue weighted by atomic mass is 16.1. The molecule has 0 radical (unpaired) electrons. The van der Waals surface area contributed by atoms with Gasteiger partial charge >= 0.3 is 0 Å². The lowest BCUT2D eigenvalue weighted by Gasteiger charge is -2.29. The minimum Gasteiger partial charge on any atom is -0.356 e. The highest BCUT2D eigenvalue weighted by molar-refractivity contribution is 5.76. The molecular formula is C13H26N2O. The Kier molecular flexibility index (Phi) is 6.46. The van der Waals surface area contributed by atoms with Crippen molar-refractivity contribution in [2.75, 3.05) is 13.1 Å². The second-order valence-electron chi connectivity index (χ2n) is 4.95. The number of nitrogens with two attached hydrogens (primary N) is 1. The molecule has 16 heavy (non-hydrogen) atoms. The second kappa shape index (κ2) is 7.66. The Balaban J connectivity index is 2.32. The lowest BCUT2D eigenvalue weighted by atomic mass is 9.78. The van der Waals surface area contributed by atoms with Gasteiger partial charge in [0.15, 0.2) is 0 Å². The molecule has 1 fully saturated rings. The number of carbonyl (C=O) groups is 1. The number of hydrogen-bond donors (Lipinski definition) is 2. The summed E-state index contributed by atoms with van der Waals surface area (Å²) in [6, 6.07) is 0. The van der Waals surface area contributed by atoms with Crippen LogP contribution in [0.3, 0.4) is 0 Å². The summed E-state index contributed by atoms with van der Waals surface area (Å²) in [6.45, 7) is 3.52. The van der Waals surface area contributed by atoms with E-state index in [1.165, 1.54) is 32.1 Å². The molecule has 0 heterocycles. The van der Waals surface area contributed by atoms with E-state index in [2.05, 4.69) is 12.2 Å². The van der Waals surface area contributed by atoms with E-state index in [9.17, 15) is 4.79 Å². The van der Waals surface area contributed by atoms with Gasteiger partial charge in [-0.3, -0.25) is 4.79 Å². The van der Waals surface area contributed by atoms with Crippen molar-refractivity contribution in [1.29, 1.82) is 0 Å². The maximum atomic E-state index is 11.6. The van der Waals surface area contributed by atoms with E-state index in [4.69, 9.17) is 5.73 Å². The van der Waals surface area contributed by atoms with Crippen molar-refractivity contribution in [1.82, 2.24) is 5.32 Å². The zero-order valence-corrected chi connectivity index (χ0v) is 10.5. The SMILES string of the molecule is CCCNC(=O)CC(CN)C1CCCCC1. The van der Waals surface area contributed by atoms with Gasteiger partial charge in [-0.05, 0) is 24.8 Å². The molecular weight excluding hydrogens is 200 g/mol. The van der Waals surface area contributed by atoms with Crippen molar-refractivity contribution < 1.29 is 4.79 Å². The first-order valence-electron chi connectivity index (χ1n) is 6.74. The van der Waals surface area contributed by atoms with Gasteiger partial charge in [0.25, 0.3) is 0 Å². The van der Waals surface area contributed by atoms with Crippen molar-refractivity contribution in [2.24, 2.45) is 17.6 Å². The third-order valence-corrected chi connectivity index (χ3v) is 3.64. The van der Waals surface area contributed by atoms with Crippen molar-refractivity contribution in [3.8, 4) is 0 Å². The van der Waals surface area contributed by atoms with Crippen LogP contribution in [0.1, 0.15) is 51.9 Å². The Morgan fingerprint density at radius 2 is 2.06 bits per heavy atom. The molecule has 0 aliphatic heterocycles. The fourth-order valence-corrected chi connectivity index (χ4v) is 2.62. The summed E-state index contributed by atoms with van der Waals surface area (Å²) in [7, 11) is 0. The van der Waals surface area contributed by atoms with Gasteiger partial charge in [-0.15, -0.1) is 0 Å². The van der Waals surface area contributed by atoms with Crippen molar-refractivity contribution in [2.45, 2.75) is 51.9 Å². The molecule has 1 amide bonds. The molecule has 1 aliphatic carbocycles. The predicted molar refractivity (Wildman–Crippen MR) is 67.0 cm³/mol. The van der Waals surface area contributed by atoms with Crippen LogP contribution in [0.25, 0.3) is 0 Å². The van der Waals surface area contributed by atoms with E-state index in [0.29, 0.717) is 24.8 Å². The summed E-state index contributed by atoms with van der Waals surface area (Å²) in [5.41, 5.74) is 5.80. The molecule has 1 rings (SSSR count). The van der Waals surface area contributed by atoms with Crippen LogP contribution in [0, 0.1) is 11.8 Å². The first kappa shape index (κ1) is 13.5. The molecule has 3 heteroatoms. The zero-order chi connectivity index (χ0) is 11.8. The average Bonchev–Trinajstić information content (AvgIpc) is 2.34. The first-order valence-corrected chi connectivity index (χ1v) is 6.74. The Morgan fingerprint density at radius 1 is 1.38 bits per heavy atom. The van der Waals surface area contributed by atoms with Crippen LogP contribution in [-0.2, 0) is 4.79 Å². The Hall–Kier alpha value is -0.570. The Morgan fingerprint density at radius 3 is 2.62 bits per heavy atom. The summed E-state index contributed by atoms with van der Waals surface area (Å²) in [6.07, 6.45) is 8.15. The quantitative estimate of drug-likeness (QED) is 0.728. The van der Waals surface area contributed by atoms with Crippen molar-refractivity contribution in [3.63, 3.8) is 0 Å². The zero-order valence-electron chi connectivity index (χ0n) is 10.5. The van der Waals surface area contributed by atoms with E-state index >= 15 is 0 Å². The van der Waals surface area contributed by atoms with Crippen LogP contribution >= 0.6 is 0 Å². The van der Waals surface area contributed by atoms with E-state index in [1.807, 2.05) is 0 Å². The topological polar surface area (TPSA) is 55.1 Å². The minimum absolute atomic E-state index is 0.183. The molecule has 0 aromatic heterocycles. The largest absolute Gasteiger partial charge is 0.356 e. The molecule has 0 aromatic carbocycles. The van der Waals surface area contributed by atoms with E-state index in [1.54, 1.807) is 0 Å². The number of carbonyl (C=O) groups excluding carboxylic acids is 1. The molecule has 1 saturated carbocycles. The summed E-state index contributed by atoms with van der Waals surface area (Å²) in [5, 5.41) is 2.94. The predicted octanol–water partition coefficient (Wildman–Crippen LogP) is 2.06. The van der Waals surface area contributed by atoms with E-state index in [0.717, 1.165) is 13.0 Å².